The molecule has 0 saturated heterocycles. The van der Waals surface area contributed by atoms with Gasteiger partial charge in [0.25, 0.3) is 17.7 Å². The molecule has 0 fully saturated rings. The molecule has 0 spiro atoms. The van der Waals surface area contributed by atoms with Crippen LogP contribution in [0.4, 0.5) is 14.5 Å². The van der Waals surface area contributed by atoms with Crippen molar-refractivity contribution in [2.45, 2.75) is 11.8 Å². The van der Waals surface area contributed by atoms with Gasteiger partial charge in [0.1, 0.15) is 5.69 Å². The lowest BCUT2D eigenvalue weighted by molar-refractivity contribution is -0.385. The summed E-state index contributed by atoms with van der Waals surface area (Å²) in [6, 6.07) is 0.597. The van der Waals surface area contributed by atoms with Gasteiger partial charge in [0.15, 0.2) is 0 Å². The van der Waals surface area contributed by atoms with Crippen LogP contribution in [0.3, 0.4) is 0 Å². The Morgan fingerprint density at radius 2 is 2.20 bits per heavy atom. The van der Waals surface area contributed by atoms with E-state index in [4.69, 9.17) is 0 Å². The normalized spacial score (nSPS) is 10.7. The van der Waals surface area contributed by atoms with Crippen molar-refractivity contribution in [3.8, 4) is 0 Å². The zero-order valence-corrected chi connectivity index (χ0v) is 8.75. The van der Waals surface area contributed by atoms with Crippen LogP contribution in [0.25, 0.3) is 0 Å². The number of nitrogens with one attached hydrogen (secondary N) is 1. The maximum atomic E-state index is 12.3. The molecule has 0 aliphatic rings. The van der Waals surface area contributed by atoms with Crippen LogP contribution in [0.1, 0.15) is 17.7 Å². The Bertz CT molecular complexity index is 446. The minimum absolute atomic E-state index is 0.0159. The summed E-state index contributed by atoms with van der Waals surface area (Å²) in [5.74, 6) is 0. The maximum absolute atomic E-state index is 12.3. The number of pyridine rings is 1. The lowest BCUT2D eigenvalue weighted by Crippen LogP contribution is -2.16. The molecule has 15 heavy (non-hydrogen) atoms. The topological polar surface area (TPSA) is 76.0 Å². The molecule has 82 valence electrons. The highest BCUT2D eigenvalue weighted by molar-refractivity contribution is 9.08. The molecule has 0 unspecified atom stereocenters. The van der Waals surface area contributed by atoms with Crippen LogP contribution in [0.5, 0.6) is 0 Å². The average Bonchev–Trinajstić information content (AvgIpc) is 2.16. The summed E-state index contributed by atoms with van der Waals surface area (Å²) < 4.78 is 24.5. The molecule has 0 saturated carbocycles. The quantitative estimate of drug-likeness (QED) is 0.524. The van der Waals surface area contributed by atoms with Crippen LogP contribution < -0.4 is 5.56 Å². The third-order valence-electron chi connectivity index (χ3n) is 1.69. The van der Waals surface area contributed by atoms with E-state index in [1.165, 1.54) is 0 Å². The molecule has 1 aromatic heterocycles. The molecule has 0 atom stereocenters. The van der Waals surface area contributed by atoms with Crippen molar-refractivity contribution >= 4 is 21.6 Å². The monoisotopic (exact) mass is 282 g/mol. The number of H-pyrrole nitrogens is 1. The van der Waals surface area contributed by atoms with Crippen LogP contribution in [-0.4, -0.2) is 9.91 Å². The van der Waals surface area contributed by atoms with Crippen LogP contribution in [-0.2, 0) is 5.33 Å². The van der Waals surface area contributed by atoms with E-state index in [-0.39, 0.29) is 11.0 Å². The molecular formula is C7H5BrF2N2O3. The molecule has 0 aliphatic heterocycles. The van der Waals surface area contributed by atoms with Gasteiger partial charge >= 0.3 is 0 Å². The fourth-order valence-corrected chi connectivity index (χ4v) is 1.43. The molecule has 8 heteroatoms. The van der Waals surface area contributed by atoms with Crippen LogP contribution >= 0.6 is 15.9 Å². The van der Waals surface area contributed by atoms with Gasteiger partial charge in [-0.3, -0.25) is 14.9 Å². The molecule has 0 radical (unpaired) electrons. The Kier molecular flexibility index (Phi) is 3.51. The molecule has 1 N–H and O–H groups in total. The largest absolute Gasteiger partial charge is 0.319 e. The zero-order chi connectivity index (χ0) is 11.6. The second-order valence-electron chi connectivity index (χ2n) is 2.61. The van der Waals surface area contributed by atoms with Gasteiger partial charge in [-0.25, -0.2) is 8.78 Å². The van der Waals surface area contributed by atoms with Gasteiger partial charge in [-0.2, -0.15) is 0 Å². The van der Waals surface area contributed by atoms with E-state index in [0.717, 1.165) is 0 Å². The second-order valence-corrected chi connectivity index (χ2v) is 3.17. The Hall–Kier alpha value is -1.31. The summed E-state index contributed by atoms with van der Waals surface area (Å²) >= 11 is 2.91. The number of alkyl halides is 3. The Labute approximate surface area is 90.4 Å². The fourth-order valence-electron chi connectivity index (χ4n) is 1.00. The van der Waals surface area contributed by atoms with Gasteiger partial charge in [0.2, 0.25) is 0 Å². The minimum atomic E-state index is -3.03. The van der Waals surface area contributed by atoms with Crippen molar-refractivity contribution in [2.24, 2.45) is 0 Å². The summed E-state index contributed by atoms with van der Waals surface area (Å²) in [7, 11) is 0. The molecule has 1 heterocycles. The minimum Gasteiger partial charge on any atom is -0.319 e. The van der Waals surface area contributed by atoms with Gasteiger partial charge in [-0.1, -0.05) is 15.9 Å². The maximum Gasteiger partial charge on any atom is 0.290 e. The second kappa shape index (κ2) is 4.47. The SMILES string of the molecule is O=c1[nH]c(CBr)c([N+](=O)[O-])cc1C(F)F. The number of hydrogen-bond donors (Lipinski definition) is 1. The standard InChI is InChI=1S/C7H5BrF2N2O3/c8-2-4-5(12(14)15)1-3(6(9)10)7(13)11-4/h1,6H,2H2,(H,11,13). The third kappa shape index (κ3) is 2.38. The molecule has 0 aliphatic carbocycles. The van der Waals surface area contributed by atoms with E-state index in [0.29, 0.717) is 6.07 Å². The van der Waals surface area contributed by atoms with Crippen LogP contribution in [0.15, 0.2) is 10.9 Å². The summed E-state index contributed by atoms with van der Waals surface area (Å²) in [4.78, 5) is 22.7. The number of nitrogens with zero attached hydrogens (tertiary/aromatic N) is 1. The zero-order valence-electron chi connectivity index (χ0n) is 7.17. The number of rotatable bonds is 3. The van der Waals surface area contributed by atoms with Crippen molar-refractivity contribution < 1.29 is 13.7 Å². The summed E-state index contributed by atoms with van der Waals surface area (Å²) in [6.07, 6.45) is -3.03. The first-order chi connectivity index (χ1) is 6.97. The third-order valence-corrected chi connectivity index (χ3v) is 2.25. The van der Waals surface area contributed by atoms with E-state index >= 15 is 0 Å². The highest BCUT2D eigenvalue weighted by Crippen LogP contribution is 2.23. The van der Waals surface area contributed by atoms with Crippen molar-refractivity contribution in [2.75, 3.05) is 0 Å². The molecule has 0 bridgehead atoms. The number of nitro groups is 1. The van der Waals surface area contributed by atoms with E-state index < -0.39 is 28.2 Å². The highest BCUT2D eigenvalue weighted by atomic mass is 79.9. The van der Waals surface area contributed by atoms with Gasteiger partial charge in [0, 0.05) is 6.07 Å². The number of aromatic nitrogens is 1. The first kappa shape index (κ1) is 11.8. The Balaban J connectivity index is 3.44. The van der Waals surface area contributed by atoms with E-state index in [1.54, 1.807) is 0 Å². The summed E-state index contributed by atoms with van der Waals surface area (Å²) in [6.45, 7) is 0. The fraction of sp³-hybridized carbons (Fsp3) is 0.286. The molecule has 1 rings (SSSR count). The smallest absolute Gasteiger partial charge is 0.290 e. The van der Waals surface area contributed by atoms with Gasteiger partial charge in [0.05, 0.1) is 15.8 Å². The number of halogens is 3. The van der Waals surface area contributed by atoms with E-state index in [9.17, 15) is 23.7 Å². The average molecular weight is 283 g/mol. The molecule has 1 aromatic rings. The van der Waals surface area contributed by atoms with Gasteiger partial charge < -0.3 is 4.98 Å². The number of aromatic amines is 1. The van der Waals surface area contributed by atoms with Crippen molar-refractivity contribution in [1.82, 2.24) is 4.98 Å². The molecular weight excluding hydrogens is 278 g/mol. The van der Waals surface area contributed by atoms with Crippen LogP contribution in [0.2, 0.25) is 0 Å². The Morgan fingerprint density at radius 3 is 2.60 bits per heavy atom. The van der Waals surface area contributed by atoms with E-state index in [2.05, 4.69) is 15.9 Å². The molecule has 0 amide bonds. The lowest BCUT2D eigenvalue weighted by atomic mass is 10.2. The molecule has 5 nitrogen and oxygen atoms in total. The summed E-state index contributed by atoms with van der Waals surface area (Å²) in [5.41, 5.74) is -2.47. The highest BCUT2D eigenvalue weighted by Gasteiger charge is 2.21. The van der Waals surface area contributed by atoms with Crippen LogP contribution in [0, 0.1) is 10.1 Å². The Morgan fingerprint density at radius 1 is 1.60 bits per heavy atom. The van der Waals surface area contributed by atoms with Gasteiger partial charge in [-0.05, 0) is 0 Å². The van der Waals surface area contributed by atoms with Crippen molar-refractivity contribution in [3.05, 3.63) is 37.8 Å². The number of hydrogen-bond acceptors (Lipinski definition) is 3. The van der Waals surface area contributed by atoms with Crippen molar-refractivity contribution in [3.63, 3.8) is 0 Å². The predicted octanol–water partition coefficient (Wildman–Crippen LogP) is 2.12. The summed E-state index contributed by atoms with van der Waals surface area (Å²) in [5, 5.41) is 10.5. The van der Waals surface area contributed by atoms with E-state index in [1.807, 2.05) is 4.98 Å². The predicted molar refractivity (Wildman–Crippen MR) is 51.3 cm³/mol. The molecule has 0 aromatic carbocycles. The van der Waals surface area contributed by atoms with Gasteiger partial charge in [-0.15, -0.1) is 0 Å². The first-order valence-electron chi connectivity index (χ1n) is 3.72. The van der Waals surface area contributed by atoms with Crippen molar-refractivity contribution in [1.29, 1.82) is 0 Å². The lowest BCUT2D eigenvalue weighted by Gasteiger charge is -2.02. The first-order valence-corrected chi connectivity index (χ1v) is 4.84.